The highest BCUT2D eigenvalue weighted by atomic mass is 32.2. The van der Waals surface area contributed by atoms with Gasteiger partial charge in [0.15, 0.2) is 5.82 Å². The van der Waals surface area contributed by atoms with Gasteiger partial charge in [-0.05, 0) is 50.2 Å². The third-order valence-electron chi connectivity index (χ3n) is 5.42. The Hall–Kier alpha value is -3.35. The van der Waals surface area contributed by atoms with Crippen molar-refractivity contribution in [3.05, 3.63) is 65.5 Å². The largest absolute Gasteiger partial charge is 0.354 e. The van der Waals surface area contributed by atoms with Gasteiger partial charge in [-0.2, -0.15) is 9.57 Å². The number of hydrogen-bond donors (Lipinski definition) is 0. The molecule has 31 heavy (non-hydrogen) atoms. The maximum atomic E-state index is 13.0. The van der Waals surface area contributed by atoms with Gasteiger partial charge in [-0.1, -0.05) is 6.07 Å². The highest BCUT2D eigenvalue weighted by Gasteiger charge is 2.30. The first-order valence-corrected chi connectivity index (χ1v) is 11.4. The normalized spacial score (nSPS) is 14.9. The van der Waals surface area contributed by atoms with E-state index in [0.717, 1.165) is 17.1 Å². The van der Waals surface area contributed by atoms with Gasteiger partial charge in [0.2, 0.25) is 10.0 Å². The van der Waals surface area contributed by atoms with Crippen molar-refractivity contribution in [2.24, 2.45) is 0 Å². The Morgan fingerprint density at radius 2 is 1.68 bits per heavy atom. The van der Waals surface area contributed by atoms with E-state index in [1.165, 1.54) is 28.6 Å². The van der Waals surface area contributed by atoms with Crippen LogP contribution in [0.3, 0.4) is 0 Å². The van der Waals surface area contributed by atoms with Gasteiger partial charge in [-0.25, -0.2) is 18.4 Å². The zero-order chi connectivity index (χ0) is 22.0. The number of aryl methyl sites for hydroxylation is 1. The summed E-state index contributed by atoms with van der Waals surface area (Å²) in [7, 11) is -3.61. The van der Waals surface area contributed by atoms with Gasteiger partial charge < -0.3 is 4.90 Å². The molecule has 0 spiro atoms. The summed E-state index contributed by atoms with van der Waals surface area (Å²) in [6.07, 6.45) is 1.71. The number of sulfonamides is 1. The predicted molar refractivity (Wildman–Crippen MR) is 117 cm³/mol. The summed E-state index contributed by atoms with van der Waals surface area (Å²) in [5, 5.41) is 8.92. The monoisotopic (exact) mass is 434 g/mol. The second kappa shape index (κ2) is 8.41. The second-order valence-electron chi connectivity index (χ2n) is 7.32. The van der Waals surface area contributed by atoms with E-state index in [2.05, 4.69) is 14.9 Å². The zero-order valence-corrected chi connectivity index (χ0v) is 18.2. The van der Waals surface area contributed by atoms with E-state index in [-0.39, 0.29) is 4.90 Å². The Kier molecular flexibility index (Phi) is 5.67. The van der Waals surface area contributed by atoms with Gasteiger partial charge >= 0.3 is 0 Å². The standard InChI is InChI=1S/C22H22N6O2S/c1-16-17(2)25-21(20-5-3-4-10-24-20)26-22(16)27-11-13-28(14-12-27)31(29,30)19-8-6-18(15-23)7-9-19/h3-10H,11-14H2,1-2H3. The van der Waals surface area contributed by atoms with E-state index in [1.807, 2.05) is 38.1 Å². The molecule has 0 saturated carbocycles. The molecule has 1 aromatic carbocycles. The van der Waals surface area contributed by atoms with E-state index in [0.29, 0.717) is 43.3 Å². The van der Waals surface area contributed by atoms with Crippen molar-refractivity contribution in [3.63, 3.8) is 0 Å². The third-order valence-corrected chi connectivity index (χ3v) is 7.33. The van der Waals surface area contributed by atoms with Gasteiger partial charge in [0, 0.05) is 43.6 Å². The van der Waals surface area contributed by atoms with Crippen molar-refractivity contribution in [2.75, 3.05) is 31.1 Å². The molecule has 0 amide bonds. The predicted octanol–water partition coefficient (Wildman–Crippen LogP) is 2.54. The molecule has 2 aromatic heterocycles. The summed E-state index contributed by atoms with van der Waals surface area (Å²) >= 11 is 0. The molecule has 0 bridgehead atoms. The number of pyridine rings is 1. The smallest absolute Gasteiger partial charge is 0.243 e. The van der Waals surface area contributed by atoms with Crippen molar-refractivity contribution in [1.29, 1.82) is 5.26 Å². The van der Waals surface area contributed by atoms with Gasteiger partial charge in [-0.3, -0.25) is 4.98 Å². The molecule has 0 N–H and O–H groups in total. The maximum Gasteiger partial charge on any atom is 0.243 e. The zero-order valence-electron chi connectivity index (χ0n) is 17.4. The number of nitrogens with zero attached hydrogens (tertiary/aromatic N) is 6. The molecule has 0 atom stereocenters. The minimum atomic E-state index is -3.61. The Balaban J connectivity index is 1.55. The Morgan fingerprint density at radius 1 is 0.968 bits per heavy atom. The number of piperazine rings is 1. The van der Waals surface area contributed by atoms with Gasteiger partial charge in [0.05, 0.1) is 16.5 Å². The highest BCUT2D eigenvalue weighted by Crippen LogP contribution is 2.26. The number of hydrogen-bond acceptors (Lipinski definition) is 7. The SMILES string of the molecule is Cc1nc(-c2ccccn2)nc(N2CCN(S(=O)(=O)c3ccc(C#N)cc3)CC2)c1C. The summed E-state index contributed by atoms with van der Waals surface area (Å²) in [4.78, 5) is 16.0. The van der Waals surface area contributed by atoms with Gasteiger partial charge in [0.1, 0.15) is 11.5 Å². The summed E-state index contributed by atoms with van der Waals surface area (Å²) in [5.41, 5.74) is 2.98. The van der Waals surface area contributed by atoms with E-state index >= 15 is 0 Å². The fourth-order valence-electron chi connectivity index (χ4n) is 3.52. The maximum absolute atomic E-state index is 13.0. The highest BCUT2D eigenvalue weighted by molar-refractivity contribution is 7.89. The molecule has 1 aliphatic rings. The Labute approximate surface area is 181 Å². The summed E-state index contributed by atoms with van der Waals surface area (Å²) in [5.74, 6) is 1.37. The number of benzene rings is 1. The summed E-state index contributed by atoms with van der Waals surface area (Å²) in [6, 6.07) is 13.6. The lowest BCUT2D eigenvalue weighted by atomic mass is 10.2. The van der Waals surface area contributed by atoms with Crippen LogP contribution in [-0.4, -0.2) is 53.9 Å². The van der Waals surface area contributed by atoms with Crippen molar-refractivity contribution in [1.82, 2.24) is 19.3 Å². The lowest BCUT2D eigenvalue weighted by molar-refractivity contribution is 0.383. The molecule has 9 heteroatoms. The average molecular weight is 435 g/mol. The first-order valence-electron chi connectivity index (χ1n) is 9.92. The van der Waals surface area contributed by atoms with Crippen molar-refractivity contribution in [3.8, 4) is 17.6 Å². The third kappa shape index (κ3) is 4.13. The lowest BCUT2D eigenvalue weighted by Gasteiger charge is -2.35. The number of nitriles is 1. The van der Waals surface area contributed by atoms with Crippen LogP contribution in [0.15, 0.2) is 53.6 Å². The van der Waals surface area contributed by atoms with Gasteiger partial charge in [-0.15, -0.1) is 0 Å². The number of rotatable bonds is 4. The van der Waals surface area contributed by atoms with Crippen LogP contribution in [0, 0.1) is 25.2 Å². The quantitative estimate of drug-likeness (QED) is 0.622. The van der Waals surface area contributed by atoms with E-state index in [1.54, 1.807) is 6.20 Å². The molecule has 1 aliphatic heterocycles. The summed E-state index contributed by atoms with van der Waals surface area (Å²) < 4.78 is 27.4. The number of anilines is 1. The Morgan fingerprint density at radius 3 is 2.29 bits per heavy atom. The van der Waals surface area contributed by atoms with Crippen LogP contribution in [0.4, 0.5) is 5.82 Å². The van der Waals surface area contributed by atoms with Gasteiger partial charge in [0.25, 0.3) is 0 Å². The van der Waals surface area contributed by atoms with E-state index < -0.39 is 10.0 Å². The molecule has 1 saturated heterocycles. The molecule has 1 fully saturated rings. The molecule has 0 aliphatic carbocycles. The first kappa shape index (κ1) is 20.9. The minimum Gasteiger partial charge on any atom is -0.354 e. The molecule has 3 heterocycles. The first-order chi connectivity index (χ1) is 14.9. The van der Waals surface area contributed by atoms with Crippen LogP contribution < -0.4 is 4.90 Å². The molecular formula is C22H22N6O2S. The molecule has 0 radical (unpaired) electrons. The van der Waals surface area contributed by atoms with Crippen LogP contribution in [0.5, 0.6) is 0 Å². The molecule has 8 nitrogen and oxygen atoms in total. The second-order valence-corrected chi connectivity index (χ2v) is 9.26. The van der Waals surface area contributed by atoms with Crippen molar-refractivity contribution < 1.29 is 8.42 Å². The van der Waals surface area contributed by atoms with Crippen LogP contribution in [-0.2, 0) is 10.0 Å². The molecule has 3 aromatic rings. The van der Waals surface area contributed by atoms with Crippen molar-refractivity contribution >= 4 is 15.8 Å². The molecule has 158 valence electrons. The minimum absolute atomic E-state index is 0.200. The van der Waals surface area contributed by atoms with Crippen molar-refractivity contribution in [2.45, 2.75) is 18.7 Å². The topological polar surface area (TPSA) is 103 Å². The number of aromatic nitrogens is 3. The molecule has 0 unspecified atom stereocenters. The molecule has 4 rings (SSSR count). The van der Waals surface area contributed by atoms with Crippen LogP contribution >= 0.6 is 0 Å². The Bertz CT molecular complexity index is 1230. The van der Waals surface area contributed by atoms with Crippen LogP contribution in [0.25, 0.3) is 11.5 Å². The van der Waals surface area contributed by atoms with Crippen LogP contribution in [0.1, 0.15) is 16.8 Å². The van der Waals surface area contributed by atoms with Crippen LogP contribution in [0.2, 0.25) is 0 Å². The average Bonchev–Trinajstić information content (AvgIpc) is 2.81. The fourth-order valence-corrected chi connectivity index (χ4v) is 4.94. The molecular weight excluding hydrogens is 412 g/mol. The van der Waals surface area contributed by atoms with E-state index in [4.69, 9.17) is 10.2 Å². The summed E-state index contributed by atoms with van der Waals surface area (Å²) in [6.45, 7) is 5.67. The van der Waals surface area contributed by atoms with E-state index in [9.17, 15) is 8.42 Å². The fraction of sp³-hybridized carbons (Fsp3) is 0.273. The lowest BCUT2D eigenvalue weighted by Crippen LogP contribution is -2.49.